The molecule has 11 unspecified atom stereocenters. The van der Waals surface area contributed by atoms with Gasteiger partial charge in [0.15, 0.2) is 11.2 Å². The lowest BCUT2D eigenvalue weighted by molar-refractivity contribution is -0.174. The fourth-order valence-corrected chi connectivity index (χ4v) is 14.5. The number of phosphoric ester groups is 1. The SMILES string of the molecule is Cc1cn([C@@H]2C[C@@H](N=[N+]=[N-])[C@H](COP(=O)(O)OC3CCC4(C)C(CCC5C4CC(O)C4(C)C(C(C)CCC(=O)OC[C@@H]6CC[C@H](n7cnc8c(=O)[nH]cnc87)O6)CCC54)C3)O2)c(=O)[nH]c1=O. The molecule has 4 N–H and O–H groups in total. The molecule has 2 saturated heterocycles. The minimum atomic E-state index is -4.58. The van der Waals surface area contributed by atoms with Crippen molar-refractivity contribution in [2.45, 2.75) is 154 Å². The van der Waals surface area contributed by atoms with Crippen LogP contribution in [0.15, 0.2) is 38.3 Å². The van der Waals surface area contributed by atoms with E-state index >= 15 is 0 Å². The Kier molecular flexibility index (Phi) is 13.0. The van der Waals surface area contributed by atoms with E-state index in [1.807, 2.05) is 0 Å². The summed E-state index contributed by atoms with van der Waals surface area (Å²) in [7, 11) is -4.58. The van der Waals surface area contributed by atoms with Crippen LogP contribution in [0.3, 0.4) is 0 Å². The van der Waals surface area contributed by atoms with Crippen LogP contribution in [0.2, 0.25) is 0 Å². The third-order valence-electron chi connectivity index (χ3n) is 17.0. The van der Waals surface area contributed by atoms with E-state index in [0.717, 1.165) is 32.1 Å². The molecule has 0 amide bonds. The molecule has 4 aliphatic carbocycles. The van der Waals surface area contributed by atoms with Crippen molar-refractivity contribution in [3.8, 4) is 0 Å². The zero-order chi connectivity index (χ0) is 46.7. The van der Waals surface area contributed by atoms with Crippen molar-refractivity contribution in [1.82, 2.24) is 29.1 Å². The van der Waals surface area contributed by atoms with Gasteiger partial charge in [0, 0.05) is 29.5 Å². The van der Waals surface area contributed by atoms with Crippen LogP contribution in [-0.4, -0.2) is 88.7 Å². The highest BCUT2D eigenvalue weighted by Gasteiger charge is 2.64. The van der Waals surface area contributed by atoms with Crippen LogP contribution in [0.4, 0.5) is 0 Å². The number of carbonyl (C=O) groups is 1. The van der Waals surface area contributed by atoms with Crippen molar-refractivity contribution >= 4 is 25.0 Å². The van der Waals surface area contributed by atoms with Gasteiger partial charge in [0.05, 0.1) is 49.7 Å². The van der Waals surface area contributed by atoms with Gasteiger partial charge in [-0.15, -0.1) is 0 Å². The molecular weight excluding hydrogens is 878 g/mol. The summed E-state index contributed by atoms with van der Waals surface area (Å²) in [6, 6.07) is -0.802. The fourth-order valence-electron chi connectivity index (χ4n) is 13.5. The predicted molar refractivity (Wildman–Crippen MR) is 235 cm³/mol. The van der Waals surface area contributed by atoms with Crippen molar-refractivity contribution in [3.63, 3.8) is 0 Å². The highest BCUT2D eigenvalue weighted by atomic mass is 31.2. The molecule has 0 radical (unpaired) electrons. The van der Waals surface area contributed by atoms with E-state index in [9.17, 15) is 39.3 Å². The first-order valence-electron chi connectivity index (χ1n) is 23.6. The zero-order valence-electron chi connectivity index (χ0n) is 37.9. The number of aliphatic hydroxyl groups is 1. The minimum absolute atomic E-state index is 0.0715. The number of carbonyl (C=O) groups excluding carboxylic acids is 1. The number of azide groups is 1. The Labute approximate surface area is 380 Å². The maximum Gasteiger partial charge on any atom is 0.472 e. The Morgan fingerprint density at radius 2 is 1.85 bits per heavy atom. The summed E-state index contributed by atoms with van der Waals surface area (Å²) in [5.74, 6) is 1.56. The molecule has 2 aliphatic heterocycles. The van der Waals surface area contributed by atoms with Crippen LogP contribution >= 0.6 is 7.82 Å². The largest absolute Gasteiger partial charge is 0.472 e. The number of H-pyrrole nitrogens is 2. The number of aliphatic hydroxyl groups excluding tert-OH is 1. The number of esters is 1. The molecule has 3 aromatic heterocycles. The molecule has 5 heterocycles. The smallest absolute Gasteiger partial charge is 0.463 e. The second-order valence-corrected chi connectivity index (χ2v) is 21.8. The Morgan fingerprint density at radius 3 is 2.65 bits per heavy atom. The molecule has 0 bridgehead atoms. The standard InChI is InChI=1S/C44H62N9O12P/c1-23(5-12-37(55)61-19-27-7-11-35(63-27)53-22-48-38-39(53)46-21-47-41(38)57)29-9-10-30-28-8-6-25-15-26(13-14-43(25,3)31(28)16-34(54)44(29,30)4)65-66(59,60)62-20-33-32(50-51-45)17-36(64-33)52-18-24(2)40(56)49-42(52)58/h18,21-23,25-36,54H,5-17,19-20H2,1-4H3,(H,59,60)(H,46,47,57)(H,49,56,58)/t23?,25?,26?,27-,28?,29?,30?,31?,32+,33-,34?,35+,36-,43?,44?/m0/s1. The fraction of sp³-hybridized carbons (Fsp3) is 0.773. The van der Waals surface area contributed by atoms with Gasteiger partial charge in [-0.2, -0.15) is 0 Å². The zero-order valence-corrected chi connectivity index (χ0v) is 38.8. The number of hydrogen-bond acceptors (Lipinski definition) is 14. The van der Waals surface area contributed by atoms with E-state index in [1.54, 1.807) is 17.8 Å². The van der Waals surface area contributed by atoms with Crippen molar-refractivity contribution in [1.29, 1.82) is 0 Å². The van der Waals surface area contributed by atoms with E-state index in [0.29, 0.717) is 61.9 Å². The van der Waals surface area contributed by atoms with Crippen molar-refractivity contribution in [2.24, 2.45) is 51.5 Å². The van der Waals surface area contributed by atoms with Crippen LogP contribution in [0.5, 0.6) is 0 Å². The number of imidazole rings is 1. The molecule has 16 atom stereocenters. The van der Waals surface area contributed by atoms with E-state index in [4.69, 9.17) is 23.3 Å². The maximum atomic E-state index is 13.4. The number of fused-ring (bicyclic) bond motifs is 6. The summed E-state index contributed by atoms with van der Waals surface area (Å²) in [5, 5.41) is 15.9. The van der Waals surface area contributed by atoms with Gasteiger partial charge >= 0.3 is 19.5 Å². The number of aromatic nitrogens is 6. The summed E-state index contributed by atoms with van der Waals surface area (Å²) in [5.41, 5.74) is 8.30. The molecule has 9 rings (SSSR count). The lowest BCUT2D eigenvalue weighted by Gasteiger charge is -2.62. The first-order valence-corrected chi connectivity index (χ1v) is 25.1. The number of aromatic amines is 2. The summed E-state index contributed by atoms with van der Waals surface area (Å²) < 4.78 is 45.4. The third kappa shape index (κ3) is 8.74. The van der Waals surface area contributed by atoms with Gasteiger partial charge in [0.25, 0.3) is 11.1 Å². The number of nitrogens with one attached hydrogen (secondary N) is 2. The van der Waals surface area contributed by atoms with Gasteiger partial charge in [0.2, 0.25) is 0 Å². The first kappa shape index (κ1) is 46.9. The molecule has 21 nitrogen and oxygen atoms in total. The average molecular weight is 940 g/mol. The first-order chi connectivity index (χ1) is 31.5. The molecule has 22 heteroatoms. The van der Waals surface area contributed by atoms with E-state index in [2.05, 4.69) is 50.7 Å². The molecular formula is C44H62N9O12P. The quantitative estimate of drug-likeness (QED) is 0.0495. The Balaban J connectivity index is 0.749. The molecule has 6 fully saturated rings. The Morgan fingerprint density at radius 1 is 1.03 bits per heavy atom. The number of ether oxygens (including phenoxy) is 3. The predicted octanol–water partition coefficient (Wildman–Crippen LogP) is 5.71. The lowest BCUT2D eigenvalue weighted by Crippen LogP contribution is -2.58. The Hall–Kier alpha value is -4.20. The molecule has 360 valence electrons. The van der Waals surface area contributed by atoms with Crippen LogP contribution in [0.25, 0.3) is 21.6 Å². The lowest BCUT2D eigenvalue weighted by atomic mass is 9.43. The van der Waals surface area contributed by atoms with Crippen LogP contribution in [0.1, 0.15) is 122 Å². The summed E-state index contributed by atoms with van der Waals surface area (Å²) in [4.78, 5) is 76.5. The van der Waals surface area contributed by atoms with Gasteiger partial charge in [-0.25, -0.2) is 19.3 Å². The molecule has 3 aromatic rings. The molecule has 0 spiro atoms. The van der Waals surface area contributed by atoms with Gasteiger partial charge in [-0.3, -0.25) is 37.5 Å². The third-order valence-corrected chi connectivity index (χ3v) is 18.1. The number of aryl methyl sites for hydroxylation is 1. The molecule has 0 aromatic carbocycles. The monoisotopic (exact) mass is 939 g/mol. The summed E-state index contributed by atoms with van der Waals surface area (Å²) in [6.45, 7) is 8.10. The van der Waals surface area contributed by atoms with Gasteiger partial charge in [-0.1, -0.05) is 25.9 Å². The maximum absolute atomic E-state index is 13.4. The molecule has 6 aliphatic rings. The van der Waals surface area contributed by atoms with Gasteiger partial charge < -0.3 is 29.2 Å². The summed E-state index contributed by atoms with van der Waals surface area (Å²) >= 11 is 0. The number of hydrogen-bond donors (Lipinski definition) is 4. The van der Waals surface area contributed by atoms with Crippen molar-refractivity contribution in [2.75, 3.05) is 13.2 Å². The molecule has 66 heavy (non-hydrogen) atoms. The summed E-state index contributed by atoms with van der Waals surface area (Å²) in [6.07, 6.45) is 9.87. The van der Waals surface area contributed by atoms with Gasteiger partial charge in [-0.05, 0) is 129 Å². The normalized spacial score (nSPS) is 37.6. The second-order valence-electron chi connectivity index (χ2n) is 20.4. The second kappa shape index (κ2) is 18.4. The van der Waals surface area contributed by atoms with Crippen LogP contribution in [0, 0.1) is 53.3 Å². The van der Waals surface area contributed by atoms with Crippen LogP contribution in [-0.2, 0) is 32.6 Å². The highest BCUT2D eigenvalue weighted by Crippen LogP contribution is 2.69. The van der Waals surface area contributed by atoms with Crippen molar-refractivity contribution < 1.29 is 42.6 Å². The number of phosphoric acid groups is 1. The number of nitrogens with zero attached hydrogens (tertiary/aromatic N) is 7. The minimum Gasteiger partial charge on any atom is -0.463 e. The number of rotatable bonds is 14. The molecule has 4 saturated carbocycles. The highest BCUT2D eigenvalue weighted by molar-refractivity contribution is 7.47. The Bertz CT molecular complexity index is 2580. The van der Waals surface area contributed by atoms with Gasteiger partial charge in [0.1, 0.15) is 19.1 Å². The van der Waals surface area contributed by atoms with Crippen molar-refractivity contribution in [3.05, 3.63) is 66.0 Å². The van der Waals surface area contributed by atoms with E-state index in [1.165, 1.54) is 17.1 Å². The van der Waals surface area contributed by atoms with E-state index in [-0.39, 0.29) is 83.0 Å². The topological polar surface area (TPSA) is 288 Å². The average Bonchev–Trinajstić information content (AvgIpc) is 4.09. The van der Waals surface area contributed by atoms with E-state index < -0.39 is 56.3 Å². The van der Waals surface area contributed by atoms with Crippen LogP contribution < -0.4 is 16.8 Å².